The maximum Gasteiger partial charge on any atom is 0.241 e. The number of sulfonamides is 1. The zero-order valence-corrected chi connectivity index (χ0v) is 14.1. The lowest BCUT2D eigenvalue weighted by atomic mass is 10.1. The molecule has 0 aromatic heterocycles. The second-order valence-electron chi connectivity index (χ2n) is 4.93. The molecule has 0 amide bonds. The highest BCUT2D eigenvalue weighted by Crippen LogP contribution is 2.21. The first-order valence-electron chi connectivity index (χ1n) is 6.65. The fourth-order valence-corrected chi connectivity index (χ4v) is 4.01. The first kappa shape index (κ1) is 16.7. The van der Waals surface area contributed by atoms with Crippen molar-refractivity contribution >= 4 is 26.0 Å². The number of hydrogen-bond acceptors (Lipinski definition) is 2. The van der Waals surface area contributed by atoms with Gasteiger partial charge in [0, 0.05) is 10.5 Å². The van der Waals surface area contributed by atoms with Crippen LogP contribution < -0.4 is 4.72 Å². The Morgan fingerprint density at radius 3 is 2.63 bits per heavy atom. The molecule has 19 heavy (non-hydrogen) atoms. The van der Waals surface area contributed by atoms with Crippen LogP contribution in [-0.2, 0) is 10.0 Å². The van der Waals surface area contributed by atoms with Gasteiger partial charge < -0.3 is 0 Å². The van der Waals surface area contributed by atoms with Gasteiger partial charge in [0.15, 0.2) is 0 Å². The second kappa shape index (κ2) is 7.41. The first-order chi connectivity index (χ1) is 8.86. The van der Waals surface area contributed by atoms with E-state index < -0.39 is 10.0 Å². The number of hydrogen-bond donors (Lipinski definition) is 1. The van der Waals surface area contributed by atoms with Crippen LogP contribution in [0.4, 0.5) is 0 Å². The highest BCUT2D eigenvalue weighted by molar-refractivity contribution is 9.10. The number of aryl methyl sites for hydroxylation is 1. The minimum Gasteiger partial charge on any atom is -0.208 e. The smallest absolute Gasteiger partial charge is 0.208 e. The average molecular weight is 348 g/mol. The number of benzene rings is 1. The molecular weight excluding hydrogens is 326 g/mol. The van der Waals surface area contributed by atoms with Crippen molar-refractivity contribution < 1.29 is 8.42 Å². The van der Waals surface area contributed by atoms with Gasteiger partial charge in [0.2, 0.25) is 10.0 Å². The van der Waals surface area contributed by atoms with Crippen molar-refractivity contribution in [2.75, 3.05) is 0 Å². The maximum atomic E-state index is 12.3. The Hall–Kier alpha value is -0.390. The molecule has 0 aliphatic heterocycles. The summed E-state index contributed by atoms with van der Waals surface area (Å²) in [6.45, 7) is 5.86. The molecule has 5 heteroatoms. The van der Waals surface area contributed by atoms with Crippen LogP contribution >= 0.6 is 15.9 Å². The van der Waals surface area contributed by atoms with Crippen LogP contribution in [0.25, 0.3) is 0 Å². The van der Waals surface area contributed by atoms with Crippen molar-refractivity contribution in [1.29, 1.82) is 0 Å². The molecule has 0 saturated carbocycles. The van der Waals surface area contributed by atoms with E-state index in [9.17, 15) is 8.42 Å². The summed E-state index contributed by atoms with van der Waals surface area (Å²) in [4.78, 5) is 0.351. The number of nitrogens with one attached hydrogen (secondary N) is 1. The molecule has 0 spiro atoms. The molecule has 0 saturated heterocycles. The minimum atomic E-state index is -3.43. The van der Waals surface area contributed by atoms with Gasteiger partial charge >= 0.3 is 0 Å². The monoisotopic (exact) mass is 347 g/mol. The zero-order valence-electron chi connectivity index (χ0n) is 11.7. The Morgan fingerprint density at radius 1 is 1.32 bits per heavy atom. The number of halogens is 1. The van der Waals surface area contributed by atoms with Crippen molar-refractivity contribution in [2.45, 2.75) is 57.4 Å². The lowest BCUT2D eigenvalue weighted by Crippen LogP contribution is -2.33. The van der Waals surface area contributed by atoms with E-state index in [0.29, 0.717) is 4.90 Å². The predicted molar refractivity (Wildman–Crippen MR) is 82.8 cm³/mol. The Kier molecular flexibility index (Phi) is 6.50. The summed E-state index contributed by atoms with van der Waals surface area (Å²) >= 11 is 3.31. The Morgan fingerprint density at radius 2 is 2.00 bits per heavy atom. The summed E-state index contributed by atoms with van der Waals surface area (Å²) in [7, 11) is -3.43. The van der Waals surface area contributed by atoms with Crippen LogP contribution in [0.3, 0.4) is 0 Å². The Balaban J connectivity index is 2.78. The fourth-order valence-electron chi connectivity index (χ4n) is 1.95. The first-order valence-corrected chi connectivity index (χ1v) is 8.93. The molecule has 0 bridgehead atoms. The quantitative estimate of drug-likeness (QED) is 0.757. The lowest BCUT2D eigenvalue weighted by Gasteiger charge is -2.15. The van der Waals surface area contributed by atoms with Crippen LogP contribution in [0, 0.1) is 6.92 Å². The van der Waals surface area contributed by atoms with Gasteiger partial charge in [0.25, 0.3) is 0 Å². The van der Waals surface area contributed by atoms with Crippen LogP contribution in [0.5, 0.6) is 0 Å². The molecule has 1 rings (SSSR count). The van der Waals surface area contributed by atoms with Gasteiger partial charge in [-0.05, 0) is 38.0 Å². The molecule has 0 aliphatic rings. The maximum absolute atomic E-state index is 12.3. The number of rotatable bonds is 7. The van der Waals surface area contributed by atoms with Crippen molar-refractivity contribution in [3.8, 4) is 0 Å². The molecular formula is C14H22BrNO2S. The molecule has 1 aromatic rings. The second-order valence-corrected chi connectivity index (χ2v) is 7.53. The van der Waals surface area contributed by atoms with Crippen LogP contribution in [0.15, 0.2) is 27.6 Å². The van der Waals surface area contributed by atoms with E-state index in [1.807, 2.05) is 19.9 Å². The predicted octanol–water partition coefficient (Wildman–Crippen LogP) is 4.00. The third kappa shape index (κ3) is 5.24. The molecule has 0 aliphatic carbocycles. The average Bonchev–Trinajstić information content (AvgIpc) is 2.32. The topological polar surface area (TPSA) is 46.2 Å². The van der Waals surface area contributed by atoms with Crippen LogP contribution in [0.2, 0.25) is 0 Å². The van der Waals surface area contributed by atoms with Crippen molar-refractivity contribution in [3.63, 3.8) is 0 Å². The minimum absolute atomic E-state index is 0.0325. The molecule has 3 nitrogen and oxygen atoms in total. The van der Waals surface area contributed by atoms with Gasteiger partial charge in [-0.2, -0.15) is 0 Å². The lowest BCUT2D eigenvalue weighted by molar-refractivity contribution is 0.527. The molecule has 1 N–H and O–H groups in total. The Labute approximate surface area is 125 Å². The summed E-state index contributed by atoms with van der Waals surface area (Å²) in [6, 6.07) is 5.27. The fraction of sp³-hybridized carbons (Fsp3) is 0.571. The highest BCUT2D eigenvalue weighted by atomic mass is 79.9. The van der Waals surface area contributed by atoms with E-state index in [-0.39, 0.29) is 6.04 Å². The van der Waals surface area contributed by atoms with Gasteiger partial charge in [0.1, 0.15) is 0 Å². The standard InChI is InChI=1S/C14H22BrNO2S/c1-4-5-6-7-12(3)16-19(17,18)14-10-13(15)9-8-11(14)2/h8-10,12,16H,4-7H2,1-3H3. The highest BCUT2D eigenvalue weighted by Gasteiger charge is 2.19. The van der Waals surface area contributed by atoms with Gasteiger partial charge in [-0.1, -0.05) is 48.2 Å². The van der Waals surface area contributed by atoms with Crippen molar-refractivity contribution in [3.05, 3.63) is 28.2 Å². The van der Waals surface area contributed by atoms with Gasteiger partial charge in [0.05, 0.1) is 4.90 Å². The van der Waals surface area contributed by atoms with E-state index in [1.165, 1.54) is 0 Å². The molecule has 1 atom stereocenters. The molecule has 1 unspecified atom stereocenters. The van der Waals surface area contributed by atoms with Crippen LogP contribution in [-0.4, -0.2) is 14.5 Å². The van der Waals surface area contributed by atoms with E-state index in [1.54, 1.807) is 12.1 Å². The molecule has 0 fully saturated rings. The summed E-state index contributed by atoms with van der Waals surface area (Å²) in [5, 5.41) is 0. The van der Waals surface area contributed by atoms with Crippen molar-refractivity contribution in [1.82, 2.24) is 4.72 Å². The summed E-state index contributed by atoms with van der Waals surface area (Å²) in [5.41, 5.74) is 0.761. The number of unbranched alkanes of at least 4 members (excludes halogenated alkanes) is 2. The van der Waals surface area contributed by atoms with E-state index in [4.69, 9.17) is 0 Å². The zero-order chi connectivity index (χ0) is 14.5. The summed E-state index contributed by atoms with van der Waals surface area (Å²) in [5.74, 6) is 0. The molecule has 1 aromatic carbocycles. The van der Waals surface area contributed by atoms with Gasteiger partial charge in [-0.25, -0.2) is 13.1 Å². The van der Waals surface area contributed by atoms with Crippen molar-refractivity contribution in [2.24, 2.45) is 0 Å². The van der Waals surface area contributed by atoms with Gasteiger partial charge in [-0.15, -0.1) is 0 Å². The van der Waals surface area contributed by atoms with E-state index in [2.05, 4.69) is 27.6 Å². The summed E-state index contributed by atoms with van der Waals surface area (Å²) in [6.07, 6.45) is 4.21. The van der Waals surface area contributed by atoms with Crippen LogP contribution in [0.1, 0.15) is 45.1 Å². The molecule has 0 radical (unpaired) electrons. The van der Waals surface area contributed by atoms with E-state index in [0.717, 1.165) is 35.7 Å². The largest absolute Gasteiger partial charge is 0.241 e. The third-order valence-electron chi connectivity index (χ3n) is 3.04. The summed E-state index contributed by atoms with van der Waals surface area (Å²) < 4.78 is 28.2. The Bertz CT molecular complexity index is 514. The molecule has 108 valence electrons. The van der Waals surface area contributed by atoms with E-state index >= 15 is 0 Å². The molecule has 0 heterocycles. The SMILES string of the molecule is CCCCCC(C)NS(=O)(=O)c1cc(Br)ccc1C. The normalized spacial score (nSPS) is 13.5. The third-order valence-corrected chi connectivity index (χ3v) is 5.26. The van der Waals surface area contributed by atoms with Gasteiger partial charge in [-0.3, -0.25) is 0 Å².